The molecule has 0 atom stereocenters. The number of ether oxygens (including phenoxy) is 1. The zero-order valence-corrected chi connectivity index (χ0v) is 14.3. The number of hydrogen-bond acceptors (Lipinski definition) is 4. The summed E-state index contributed by atoms with van der Waals surface area (Å²) in [6.45, 7) is 2.33. The lowest BCUT2D eigenvalue weighted by Gasteiger charge is -2.10. The molecule has 0 unspecified atom stereocenters. The molecular formula is C20H22N4O. The van der Waals surface area contributed by atoms with E-state index in [9.17, 15) is 0 Å². The highest BCUT2D eigenvalue weighted by Crippen LogP contribution is 2.18. The van der Waals surface area contributed by atoms with Crippen molar-refractivity contribution < 1.29 is 4.74 Å². The normalized spacial score (nSPS) is 11.1. The lowest BCUT2D eigenvalue weighted by Crippen LogP contribution is -2.15. The largest absolute Gasteiger partial charge is 0.496 e. The first kappa shape index (κ1) is 16.9. The number of benzene rings is 2. The van der Waals surface area contributed by atoms with E-state index in [2.05, 4.69) is 51.8 Å². The van der Waals surface area contributed by atoms with E-state index in [1.54, 1.807) is 19.8 Å². The Labute approximate surface area is 148 Å². The van der Waals surface area contributed by atoms with E-state index in [0.717, 1.165) is 30.9 Å². The maximum absolute atomic E-state index is 5.35. The second kappa shape index (κ2) is 8.80. The summed E-state index contributed by atoms with van der Waals surface area (Å²) in [5.74, 6) is 0.886. The average Bonchev–Trinajstić information content (AvgIpc) is 3.16. The van der Waals surface area contributed by atoms with Gasteiger partial charge in [0.15, 0.2) is 0 Å². The highest BCUT2D eigenvalue weighted by Gasteiger charge is 2.02. The molecular weight excluding hydrogens is 312 g/mol. The van der Waals surface area contributed by atoms with E-state index in [-0.39, 0.29) is 0 Å². The van der Waals surface area contributed by atoms with E-state index in [1.807, 2.05) is 28.9 Å². The first-order valence-electron chi connectivity index (χ1n) is 8.26. The number of para-hydroxylation sites is 1. The van der Waals surface area contributed by atoms with Gasteiger partial charge < -0.3 is 10.1 Å². The van der Waals surface area contributed by atoms with Crippen molar-refractivity contribution in [2.24, 2.45) is 0 Å². The van der Waals surface area contributed by atoms with Gasteiger partial charge in [0, 0.05) is 18.7 Å². The molecule has 1 aromatic heterocycles. The second-order valence-electron chi connectivity index (χ2n) is 5.64. The van der Waals surface area contributed by atoms with E-state index < -0.39 is 0 Å². The predicted molar refractivity (Wildman–Crippen MR) is 99.3 cm³/mol. The van der Waals surface area contributed by atoms with Crippen LogP contribution in [-0.2, 0) is 13.1 Å². The van der Waals surface area contributed by atoms with Gasteiger partial charge in [-0.05, 0) is 17.2 Å². The number of aromatic nitrogens is 3. The van der Waals surface area contributed by atoms with Crippen LogP contribution in [0.3, 0.4) is 0 Å². The third kappa shape index (κ3) is 4.78. The monoisotopic (exact) mass is 334 g/mol. The van der Waals surface area contributed by atoms with Crippen molar-refractivity contribution in [3.8, 4) is 5.75 Å². The lowest BCUT2D eigenvalue weighted by molar-refractivity contribution is 0.414. The van der Waals surface area contributed by atoms with Crippen LogP contribution in [-0.4, -0.2) is 28.4 Å². The van der Waals surface area contributed by atoms with E-state index in [4.69, 9.17) is 4.74 Å². The summed E-state index contributed by atoms with van der Waals surface area (Å²) in [6, 6.07) is 16.4. The minimum absolute atomic E-state index is 0.731. The molecule has 1 N–H and O–H groups in total. The second-order valence-corrected chi connectivity index (χ2v) is 5.64. The maximum Gasteiger partial charge on any atom is 0.137 e. The fourth-order valence-corrected chi connectivity index (χ4v) is 2.65. The molecule has 0 spiro atoms. The summed E-state index contributed by atoms with van der Waals surface area (Å²) in [4.78, 5) is 3.99. The van der Waals surface area contributed by atoms with Crippen molar-refractivity contribution in [2.75, 3.05) is 13.7 Å². The van der Waals surface area contributed by atoms with E-state index >= 15 is 0 Å². The summed E-state index contributed by atoms with van der Waals surface area (Å²) in [5.41, 5.74) is 3.59. The number of nitrogens with one attached hydrogen (secondary N) is 1. The molecule has 1 heterocycles. The smallest absolute Gasteiger partial charge is 0.137 e. The Balaban J connectivity index is 1.55. The van der Waals surface area contributed by atoms with Gasteiger partial charge in [-0.25, -0.2) is 9.67 Å². The number of methoxy groups -OCH3 is 1. The van der Waals surface area contributed by atoms with Crippen molar-refractivity contribution in [2.45, 2.75) is 13.1 Å². The van der Waals surface area contributed by atoms with Gasteiger partial charge in [-0.3, -0.25) is 0 Å². The Kier molecular flexibility index (Phi) is 5.96. The molecule has 0 fully saturated rings. The van der Waals surface area contributed by atoms with Crippen LogP contribution >= 0.6 is 0 Å². The summed E-state index contributed by atoms with van der Waals surface area (Å²) < 4.78 is 7.19. The lowest BCUT2D eigenvalue weighted by atomic mass is 10.1. The standard InChI is InChI=1S/C20H22N4O/c1-25-20-11-5-4-7-17(20)10-6-12-21-13-18-8-2-3-9-19(18)14-24-16-22-15-23-24/h2-11,15-16,21H,12-14H2,1H3. The molecule has 25 heavy (non-hydrogen) atoms. The van der Waals surface area contributed by atoms with Gasteiger partial charge in [0.25, 0.3) is 0 Å². The van der Waals surface area contributed by atoms with Crippen LogP contribution in [0, 0.1) is 0 Å². The van der Waals surface area contributed by atoms with Crippen molar-refractivity contribution in [3.63, 3.8) is 0 Å². The maximum atomic E-state index is 5.35. The number of nitrogens with zero attached hydrogens (tertiary/aromatic N) is 3. The highest BCUT2D eigenvalue weighted by atomic mass is 16.5. The molecule has 0 aliphatic carbocycles. The molecule has 5 heteroatoms. The van der Waals surface area contributed by atoms with Gasteiger partial charge in [-0.15, -0.1) is 0 Å². The Bertz CT molecular complexity index is 812. The van der Waals surface area contributed by atoms with Gasteiger partial charge in [-0.1, -0.05) is 54.6 Å². The Hall–Kier alpha value is -2.92. The minimum atomic E-state index is 0.731. The van der Waals surface area contributed by atoms with Crippen LogP contribution in [0.2, 0.25) is 0 Å². The van der Waals surface area contributed by atoms with Crippen LogP contribution in [0.5, 0.6) is 5.75 Å². The Morgan fingerprint density at radius 3 is 2.68 bits per heavy atom. The fraction of sp³-hybridized carbons (Fsp3) is 0.200. The zero-order chi connectivity index (χ0) is 17.3. The Morgan fingerprint density at radius 2 is 1.88 bits per heavy atom. The minimum Gasteiger partial charge on any atom is -0.496 e. The zero-order valence-electron chi connectivity index (χ0n) is 14.3. The van der Waals surface area contributed by atoms with Crippen molar-refractivity contribution >= 4 is 6.08 Å². The van der Waals surface area contributed by atoms with Gasteiger partial charge in [0.2, 0.25) is 0 Å². The Morgan fingerprint density at radius 1 is 1.08 bits per heavy atom. The number of rotatable bonds is 8. The fourth-order valence-electron chi connectivity index (χ4n) is 2.65. The van der Waals surface area contributed by atoms with Crippen molar-refractivity contribution in [1.29, 1.82) is 0 Å². The van der Waals surface area contributed by atoms with Gasteiger partial charge in [0.1, 0.15) is 18.4 Å². The topological polar surface area (TPSA) is 52.0 Å². The quantitative estimate of drug-likeness (QED) is 0.643. The van der Waals surface area contributed by atoms with Crippen molar-refractivity contribution in [3.05, 3.63) is 84.0 Å². The molecule has 3 aromatic rings. The van der Waals surface area contributed by atoms with Crippen LogP contribution in [0.1, 0.15) is 16.7 Å². The molecule has 3 rings (SSSR count). The van der Waals surface area contributed by atoms with Crippen molar-refractivity contribution in [1.82, 2.24) is 20.1 Å². The first-order valence-corrected chi connectivity index (χ1v) is 8.26. The number of hydrogen-bond donors (Lipinski definition) is 1. The van der Waals surface area contributed by atoms with Gasteiger partial charge >= 0.3 is 0 Å². The molecule has 0 aliphatic heterocycles. The molecule has 0 saturated heterocycles. The van der Waals surface area contributed by atoms with E-state index in [1.165, 1.54) is 11.1 Å². The molecule has 2 aromatic carbocycles. The SMILES string of the molecule is COc1ccccc1C=CCNCc1ccccc1Cn1cncn1. The predicted octanol–water partition coefficient (Wildman–Crippen LogP) is 3.14. The molecule has 5 nitrogen and oxygen atoms in total. The molecule has 0 radical (unpaired) electrons. The highest BCUT2D eigenvalue weighted by molar-refractivity contribution is 5.57. The molecule has 128 valence electrons. The molecule has 0 saturated carbocycles. The third-order valence-electron chi connectivity index (χ3n) is 3.93. The van der Waals surface area contributed by atoms with Crippen LogP contribution in [0.25, 0.3) is 6.08 Å². The molecule has 0 bridgehead atoms. The van der Waals surface area contributed by atoms with Crippen LogP contribution in [0.4, 0.5) is 0 Å². The first-order chi connectivity index (χ1) is 12.4. The summed E-state index contributed by atoms with van der Waals surface area (Å²) in [6.07, 6.45) is 7.48. The summed E-state index contributed by atoms with van der Waals surface area (Å²) in [7, 11) is 1.69. The van der Waals surface area contributed by atoms with Gasteiger partial charge in [-0.2, -0.15) is 5.10 Å². The third-order valence-corrected chi connectivity index (χ3v) is 3.93. The van der Waals surface area contributed by atoms with E-state index in [0.29, 0.717) is 0 Å². The summed E-state index contributed by atoms with van der Waals surface area (Å²) >= 11 is 0. The average molecular weight is 334 g/mol. The van der Waals surface area contributed by atoms with Crippen LogP contribution in [0.15, 0.2) is 67.3 Å². The van der Waals surface area contributed by atoms with Gasteiger partial charge in [0.05, 0.1) is 13.7 Å². The molecule has 0 amide bonds. The van der Waals surface area contributed by atoms with Crippen LogP contribution < -0.4 is 10.1 Å². The molecule has 0 aliphatic rings. The summed E-state index contributed by atoms with van der Waals surface area (Å²) in [5, 5.41) is 7.63.